The van der Waals surface area contributed by atoms with Crippen LogP contribution >= 0.6 is 0 Å². The van der Waals surface area contributed by atoms with E-state index in [2.05, 4.69) is 0 Å². The molecule has 0 atom stereocenters. The summed E-state index contributed by atoms with van der Waals surface area (Å²) in [4.78, 5) is 28.1. The van der Waals surface area contributed by atoms with Gasteiger partial charge in [0.2, 0.25) is 0 Å². The summed E-state index contributed by atoms with van der Waals surface area (Å²) in [6, 6.07) is 14.7. The molecule has 0 fully saturated rings. The molecule has 0 saturated carbocycles. The van der Waals surface area contributed by atoms with E-state index in [0.29, 0.717) is 34.9 Å². The standard InChI is InChI=1S/C25H29N3O4/c1-16(2)15-28-25(30)22(24(29)27(3)4)21(17-7-11-19(31-5)12-8-17)23(26-28)18-9-13-20(32-6)14-10-18/h7-14,16H,15H2,1-6H3. The van der Waals surface area contributed by atoms with Gasteiger partial charge in [-0.3, -0.25) is 9.59 Å². The first-order chi connectivity index (χ1) is 15.3. The van der Waals surface area contributed by atoms with Crippen LogP contribution in [0.5, 0.6) is 11.5 Å². The van der Waals surface area contributed by atoms with Gasteiger partial charge in [0, 0.05) is 31.8 Å². The quantitative estimate of drug-likeness (QED) is 0.562. The van der Waals surface area contributed by atoms with Crippen LogP contribution in [0.25, 0.3) is 22.4 Å². The maximum absolute atomic E-state index is 13.5. The van der Waals surface area contributed by atoms with Gasteiger partial charge in [-0.2, -0.15) is 5.10 Å². The molecule has 0 N–H and O–H groups in total. The molecule has 0 bridgehead atoms. The first-order valence-corrected chi connectivity index (χ1v) is 10.4. The largest absolute Gasteiger partial charge is 0.497 e. The second kappa shape index (κ2) is 9.68. The van der Waals surface area contributed by atoms with Crippen molar-refractivity contribution in [2.75, 3.05) is 28.3 Å². The van der Waals surface area contributed by atoms with Gasteiger partial charge in [-0.05, 0) is 47.9 Å². The second-order valence-corrected chi connectivity index (χ2v) is 8.14. The summed E-state index contributed by atoms with van der Waals surface area (Å²) < 4.78 is 12.0. The first kappa shape index (κ1) is 23.1. The van der Waals surface area contributed by atoms with E-state index in [1.54, 1.807) is 40.4 Å². The van der Waals surface area contributed by atoms with Crippen molar-refractivity contribution < 1.29 is 14.3 Å². The summed E-state index contributed by atoms with van der Waals surface area (Å²) in [6.45, 7) is 4.41. The number of carbonyl (C=O) groups is 1. The number of amides is 1. The Balaban J connectivity index is 2.40. The molecule has 2 aromatic carbocycles. The highest BCUT2D eigenvalue weighted by Crippen LogP contribution is 2.34. The molecule has 168 valence electrons. The van der Waals surface area contributed by atoms with E-state index in [1.165, 1.54) is 9.58 Å². The maximum atomic E-state index is 13.5. The Morgan fingerprint density at radius 2 is 1.44 bits per heavy atom. The predicted molar refractivity (Wildman–Crippen MR) is 125 cm³/mol. The van der Waals surface area contributed by atoms with Gasteiger partial charge in [0.05, 0.1) is 19.9 Å². The lowest BCUT2D eigenvalue weighted by Crippen LogP contribution is -2.36. The van der Waals surface area contributed by atoms with Gasteiger partial charge in [-0.25, -0.2) is 4.68 Å². The van der Waals surface area contributed by atoms with E-state index >= 15 is 0 Å². The number of methoxy groups -OCH3 is 2. The smallest absolute Gasteiger partial charge is 0.280 e. The molecule has 0 radical (unpaired) electrons. The summed E-state index contributed by atoms with van der Waals surface area (Å²) in [5, 5.41) is 4.72. The molecular weight excluding hydrogens is 406 g/mol. The molecule has 7 nitrogen and oxygen atoms in total. The zero-order valence-electron chi connectivity index (χ0n) is 19.4. The van der Waals surface area contributed by atoms with Crippen molar-refractivity contribution in [3.63, 3.8) is 0 Å². The zero-order chi connectivity index (χ0) is 23.4. The van der Waals surface area contributed by atoms with E-state index < -0.39 is 5.56 Å². The van der Waals surface area contributed by atoms with Crippen LogP contribution in [0.4, 0.5) is 0 Å². The van der Waals surface area contributed by atoms with Gasteiger partial charge >= 0.3 is 0 Å². The summed E-state index contributed by atoms with van der Waals surface area (Å²) in [7, 11) is 6.47. The molecule has 7 heteroatoms. The fraction of sp³-hybridized carbons (Fsp3) is 0.320. The van der Waals surface area contributed by atoms with Crippen LogP contribution in [0.3, 0.4) is 0 Å². The fourth-order valence-electron chi connectivity index (χ4n) is 3.45. The van der Waals surface area contributed by atoms with Crippen molar-refractivity contribution in [1.82, 2.24) is 14.7 Å². The van der Waals surface area contributed by atoms with E-state index in [1.807, 2.05) is 50.2 Å². The Bertz CT molecular complexity index is 1150. The molecule has 3 aromatic rings. The van der Waals surface area contributed by atoms with Crippen molar-refractivity contribution in [3.05, 3.63) is 64.4 Å². The summed E-state index contributed by atoms with van der Waals surface area (Å²) in [5.41, 5.74) is 2.25. The molecular formula is C25H29N3O4. The lowest BCUT2D eigenvalue weighted by atomic mass is 9.94. The first-order valence-electron chi connectivity index (χ1n) is 10.4. The van der Waals surface area contributed by atoms with Crippen molar-refractivity contribution >= 4 is 5.91 Å². The average molecular weight is 436 g/mol. The Hall–Kier alpha value is -3.61. The van der Waals surface area contributed by atoms with Crippen LogP contribution in [0.2, 0.25) is 0 Å². The number of aromatic nitrogens is 2. The van der Waals surface area contributed by atoms with Gasteiger partial charge in [0.15, 0.2) is 0 Å². The van der Waals surface area contributed by atoms with Crippen LogP contribution in [0, 0.1) is 5.92 Å². The Kier molecular flexibility index (Phi) is 6.98. The van der Waals surface area contributed by atoms with Crippen LogP contribution in [0.1, 0.15) is 24.2 Å². The Morgan fingerprint density at radius 3 is 1.88 bits per heavy atom. The molecule has 0 saturated heterocycles. The third-order valence-electron chi connectivity index (χ3n) is 5.06. The van der Waals surface area contributed by atoms with Crippen molar-refractivity contribution in [2.45, 2.75) is 20.4 Å². The fourth-order valence-corrected chi connectivity index (χ4v) is 3.45. The normalized spacial score (nSPS) is 10.8. The third-order valence-corrected chi connectivity index (χ3v) is 5.06. The van der Waals surface area contributed by atoms with Gasteiger partial charge in [-0.15, -0.1) is 0 Å². The highest BCUT2D eigenvalue weighted by molar-refractivity contribution is 6.03. The van der Waals surface area contributed by atoms with Crippen molar-refractivity contribution in [3.8, 4) is 33.9 Å². The molecule has 1 heterocycles. The molecule has 1 aromatic heterocycles. The van der Waals surface area contributed by atoms with Gasteiger partial charge in [0.1, 0.15) is 17.1 Å². The second-order valence-electron chi connectivity index (χ2n) is 8.14. The van der Waals surface area contributed by atoms with Crippen LogP contribution in [-0.4, -0.2) is 48.9 Å². The van der Waals surface area contributed by atoms with Gasteiger partial charge < -0.3 is 14.4 Å². The summed E-state index contributed by atoms with van der Waals surface area (Å²) in [6.07, 6.45) is 0. The SMILES string of the molecule is COc1ccc(-c2nn(CC(C)C)c(=O)c(C(=O)N(C)C)c2-c2ccc(OC)cc2)cc1. The number of rotatable bonds is 7. The molecule has 1 amide bonds. The van der Waals surface area contributed by atoms with Crippen LogP contribution < -0.4 is 15.0 Å². The van der Waals surface area contributed by atoms with Gasteiger partial charge in [0.25, 0.3) is 11.5 Å². The van der Waals surface area contributed by atoms with Crippen LogP contribution in [0.15, 0.2) is 53.3 Å². The highest BCUT2D eigenvalue weighted by atomic mass is 16.5. The average Bonchev–Trinajstić information content (AvgIpc) is 2.79. The minimum Gasteiger partial charge on any atom is -0.497 e. The van der Waals surface area contributed by atoms with E-state index in [4.69, 9.17) is 14.6 Å². The molecule has 0 aliphatic rings. The van der Waals surface area contributed by atoms with Gasteiger partial charge in [-0.1, -0.05) is 26.0 Å². The minimum atomic E-state index is -0.402. The molecule has 0 unspecified atom stereocenters. The number of hydrogen-bond donors (Lipinski definition) is 0. The monoisotopic (exact) mass is 435 g/mol. The van der Waals surface area contributed by atoms with E-state index in [9.17, 15) is 9.59 Å². The highest BCUT2D eigenvalue weighted by Gasteiger charge is 2.26. The van der Waals surface area contributed by atoms with Crippen molar-refractivity contribution in [1.29, 1.82) is 0 Å². The number of hydrogen-bond acceptors (Lipinski definition) is 5. The number of benzene rings is 2. The number of ether oxygens (including phenoxy) is 2. The molecule has 0 aliphatic heterocycles. The number of carbonyl (C=O) groups excluding carboxylic acids is 1. The molecule has 32 heavy (non-hydrogen) atoms. The van der Waals surface area contributed by atoms with Crippen molar-refractivity contribution in [2.24, 2.45) is 5.92 Å². The van der Waals surface area contributed by atoms with E-state index in [-0.39, 0.29) is 17.4 Å². The lowest BCUT2D eigenvalue weighted by molar-refractivity contribution is 0.0825. The minimum absolute atomic E-state index is 0.0987. The Labute approximate surface area is 188 Å². The Morgan fingerprint density at radius 1 is 0.938 bits per heavy atom. The lowest BCUT2D eigenvalue weighted by Gasteiger charge is -2.20. The summed E-state index contributed by atoms with van der Waals surface area (Å²) >= 11 is 0. The van der Waals surface area contributed by atoms with E-state index in [0.717, 1.165) is 5.56 Å². The zero-order valence-corrected chi connectivity index (χ0v) is 19.4. The molecule has 0 spiro atoms. The van der Waals surface area contributed by atoms with Crippen LogP contribution in [-0.2, 0) is 6.54 Å². The topological polar surface area (TPSA) is 73.7 Å². The molecule has 0 aliphatic carbocycles. The predicted octanol–water partition coefficient (Wildman–Crippen LogP) is 3.95. The maximum Gasteiger partial charge on any atom is 0.280 e. The number of nitrogens with zero attached hydrogens (tertiary/aromatic N) is 3. The molecule has 3 rings (SSSR count). The third kappa shape index (κ3) is 4.66. The summed E-state index contributed by atoms with van der Waals surface area (Å²) in [5.74, 6) is 1.20.